The number of halogens is 2. The van der Waals surface area contributed by atoms with Gasteiger partial charge in [-0.2, -0.15) is 0 Å². The SMILES string of the molecule is C\C=C/N=C(\C=C/C)C(C)c1ccc(Cl)cc1/C=C(\C)Br. The van der Waals surface area contributed by atoms with Gasteiger partial charge in [0.05, 0.1) is 0 Å². The van der Waals surface area contributed by atoms with Gasteiger partial charge in [-0.15, -0.1) is 0 Å². The van der Waals surface area contributed by atoms with Crippen LogP contribution in [0.25, 0.3) is 6.08 Å². The Morgan fingerprint density at radius 2 is 2.00 bits per heavy atom. The number of nitrogens with zero attached hydrogens (tertiary/aromatic N) is 1. The van der Waals surface area contributed by atoms with Crippen LogP contribution in [0, 0.1) is 0 Å². The highest BCUT2D eigenvalue weighted by Crippen LogP contribution is 2.28. The summed E-state index contributed by atoms with van der Waals surface area (Å²) in [7, 11) is 0. The van der Waals surface area contributed by atoms with Gasteiger partial charge in [0, 0.05) is 22.9 Å². The van der Waals surface area contributed by atoms with E-state index in [0.717, 1.165) is 20.8 Å². The second-order valence-electron chi connectivity index (χ2n) is 4.76. The van der Waals surface area contributed by atoms with Crippen molar-refractivity contribution in [2.75, 3.05) is 0 Å². The van der Waals surface area contributed by atoms with Crippen LogP contribution in [0.3, 0.4) is 0 Å². The van der Waals surface area contributed by atoms with Crippen molar-refractivity contribution < 1.29 is 0 Å². The molecule has 0 amide bonds. The summed E-state index contributed by atoms with van der Waals surface area (Å²) in [6, 6.07) is 5.99. The topological polar surface area (TPSA) is 12.4 Å². The van der Waals surface area contributed by atoms with Crippen LogP contribution >= 0.6 is 27.5 Å². The molecule has 112 valence electrons. The summed E-state index contributed by atoms with van der Waals surface area (Å²) in [4.78, 5) is 4.53. The van der Waals surface area contributed by atoms with Gasteiger partial charge in [-0.05, 0) is 60.7 Å². The van der Waals surface area contributed by atoms with Crippen LogP contribution in [-0.4, -0.2) is 5.71 Å². The van der Waals surface area contributed by atoms with E-state index >= 15 is 0 Å². The molecule has 0 aliphatic carbocycles. The molecule has 1 nitrogen and oxygen atoms in total. The number of rotatable bonds is 5. The molecule has 0 radical (unpaired) electrons. The quantitative estimate of drug-likeness (QED) is 0.511. The molecule has 0 bridgehead atoms. The molecule has 3 heteroatoms. The van der Waals surface area contributed by atoms with Gasteiger partial charge in [-0.1, -0.05) is 52.7 Å². The number of hydrogen-bond acceptors (Lipinski definition) is 1. The molecule has 0 heterocycles. The van der Waals surface area contributed by atoms with Crippen molar-refractivity contribution in [2.45, 2.75) is 33.6 Å². The lowest BCUT2D eigenvalue weighted by Crippen LogP contribution is -2.08. The Bertz CT molecular complexity index is 593. The normalized spacial score (nSPS) is 15.1. The maximum atomic E-state index is 6.13. The zero-order valence-corrected chi connectivity index (χ0v) is 15.2. The summed E-state index contributed by atoms with van der Waals surface area (Å²) in [5.74, 6) is 0.188. The van der Waals surface area contributed by atoms with E-state index in [2.05, 4.69) is 40.0 Å². The fourth-order valence-corrected chi connectivity index (χ4v) is 2.50. The number of hydrogen-bond donors (Lipinski definition) is 0. The lowest BCUT2D eigenvalue weighted by molar-refractivity contribution is 1.02. The Kier molecular flexibility index (Phi) is 7.69. The smallest absolute Gasteiger partial charge is 0.0472 e. The lowest BCUT2D eigenvalue weighted by Gasteiger charge is -2.16. The maximum Gasteiger partial charge on any atom is 0.0472 e. The van der Waals surface area contributed by atoms with Crippen molar-refractivity contribution in [3.63, 3.8) is 0 Å². The monoisotopic (exact) mass is 365 g/mol. The second kappa shape index (κ2) is 9.01. The van der Waals surface area contributed by atoms with Crippen LogP contribution in [0.4, 0.5) is 0 Å². The summed E-state index contributed by atoms with van der Waals surface area (Å²) in [5, 5.41) is 0.740. The van der Waals surface area contributed by atoms with Crippen LogP contribution in [0.15, 0.2) is 52.1 Å². The molecule has 1 rings (SSSR count). The maximum absolute atomic E-state index is 6.13. The minimum absolute atomic E-state index is 0.188. The lowest BCUT2D eigenvalue weighted by atomic mass is 9.91. The van der Waals surface area contributed by atoms with Gasteiger partial charge in [0.25, 0.3) is 0 Å². The van der Waals surface area contributed by atoms with Crippen LogP contribution in [0.5, 0.6) is 0 Å². The first-order valence-corrected chi connectivity index (χ1v) is 8.11. The molecule has 1 aromatic rings. The highest BCUT2D eigenvalue weighted by atomic mass is 79.9. The predicted molar refractivity (Wildman–Crippen MR) is 99.5 cm³/mol. The standard InChI is InChI=1S/C18H21BrClN/c1-5-7-18(21-10-6-2)14(4)17-9-8-16(20)12-15(17)11-13(3)19/h5-12,14H,1-4H3/b7-5-,10-6-,13-11+,21-18+. The van der Waals surface area contributed by atoms with E-state index in [0.29, 0.717) is 0 Å². The molecule has 0 aliphatic heterocycles. The largest absolute Gasteiger partial charge is 0.261 e. The van der Waals surface area contributed by atoms with E-state index in [9.17, 15) is 0 Å². The fraction of sp³-hybridized carbons (Fsp3) is 0.278. The molecule has 0 saturated carbocycles. The summed E-state index contributed by atoms with van der Waals surface area (Å²) < 4.78 is 1.07. The molecular weight excluding hydrogens is 346 g/mol. The van der Waals surface area contributed by atoms with E-state index < -0.39 is 0 Å². The van der Waals surface area contributed by atoms with Crippen molar-refractivity contribution in [3.8, 4) is 0 Å². The van der Waals surface area contributed by atoms with E-state index in [1.807, 2.05) is 57.3 Å². The second-order valence-corrected chi connectivity index (χ2v) is 6.45. The number of benzene rings is 1. The molecule has 0 spiro atoms. The molecule has 1 aromatic carbocycles. The van der Waals surface area contributed by atoms with Crippen LogP contribution < -0.4 is 0 Å². The first-order valence-electron chi connectivity index (χ1n) is 6.94. The minimum atomic E-state index is 0.188. The van der Waals surface area contributed by atoms with Crippen LogP contribution in [-0.2, 0) is 0 Å². The first kappa shape index (κ1) is 17.9. The van der Waals surface area contributed by atoms with Crippen molar-refractivity contribution in [1.82, 2.24) is 0 Å². The average molecular weight is 367 g/mol. The van der Waals surface area contributed by atoms with Gasteiger partial charge in [0.15, 0.2) is 0 Å². The summed E-state index contributed by atoms with van der Waals surface area (Å²) in [6.45, 7) is 8.14. The van der Waals surface area contributed by atoms with E-state index in [1.165, 1.54) is 5.56 Å². The summed E-state index contributed by atoms with van der Waals surface area (Å²) in [5.41, 5.74) is 3.35. The third kappa shape index (κ3) is 5.64. The summed E-state index contributed by atoms with van der Waals surface area (Å²) >= 11 is 9.62. The molecule has 1 unspecified atom stereocenters. The van der Waals surface area contributed by atoms with E-state index in [-0.39, 0.29) is 5.92 Å². The third-order valence-corrected chi connectivity index (χ3v) is 3.49. The average Bonchev–Trinajstić information content (AvgIpc) is 2.42. The van der Waals surface area contributed by atoms with Gasteiger partial charge in [-0.25, -0.2) is 0 Å². The van der Waals surface area contributed by atoms with Crippen molar-refractivity contribution in [1.29, 1.82) is 0 Å². The van der Waals surface area contributed by atoms with Crippen molar-refractivity contribution >= 4 is 39.3 Å². The molecule has 0 saturated heterocycles. The van der Waals surface area contributed by atoms with Gasteiger partial charge in [-0.3, -0.25) is 4.99 Å². The Labute approximate surface area is 141 Å². The van der Waals surface area contributed by atoms with Crippen molar-refractivity contribution in [2.24, 2.45) is 4.99 Å². The number of allylic oxidation sites excluding steroid dienone is 4. The fourth-order valence-electron chi connectivity index (χ4n) is 2.07. The molecule has 0 aromatic heterocycles. The Hall–Kier alpha value is -1.12. The third-order valence-electron chi connectivity index (χ3n) is 3.02. The summed E-state index contributed by atoms with van der Waals surface area (Å²) in [6.07, 6.45) is 9.91. The Balaban J connectivity index is 3.33. The highest BCUT2D eigenvalue weighted by molar-refractivity contribution is 9.11. The predicted octanol–water partition coefficient (Wildman–Crippen LogP) is 6.75. The van der Waals surface area contributed by atoms with Crippen LogP contribution in [0.1, 0.15) is 44.7 Å². The van der Waals surface area contributed by atoms with Gasteiger partial charge in [0.1, 0.15) is 0 Å². The van der Waals surface area contributed by atoms with E-state index in [4.69, 9.17) is 11.6 Å². The highest BCUT2D eigenvalue weighted by Gasteiger charge is 2.14. The van der Waals surface area contributed by atoms with Gasteiger partial charge < -0.3 is 0 Å². The minimum Gasteiger partial charge on any atom is -0.261 e. The van der Waals surface area contributed by atoms with Gasteiger partial charge in [0.2, 0.25) is 0 Å². The number of aliphatic imine (C=N–C) groups is 1. The van der Waals surface area contributed by atoms with Crippen molar-refractivity contribution in [3.05, 3.63) is 63.3 Å². The molecule has 1 atom stereocenters. The zero-order chi connectivity index (χ0) is 15.8. The molecular formula is C18H21BrClN. The molecule has 21 heavy (non-hydrogen) atoms. The van der Waals surface area contributed by atoms with Crippen LogP contribution in [0.2, 0.25) is 5.02 Å². The zero-order valence-electron chi connectivity index (χ0n) is 12.9. The molecule has 0 N–H and O–H groups in total. The Morgan fingerprint density at radius 3 is 2.57 bits per heavy atom. The first-order chi connectivity index (χ1) is 9.99. The molecule has 0 aliphatic rings. The Morgan fingerprint density at radius 1 is 1.29 bits per heavy atom. The molecule has 0 fully saturated rings. The van der Waals surface area contributed by atoms with E-state index in [1.54, 1.807) is 0 Å². The van der Waals surface area contributed by atoms with Gasteiger partial charge >= 0.3 is 0 Å².